The zero-order valence-corrected chi connectivity index (χ0v) is 13.8. The molecule has 0 unspecified atom stereocenters. The number of ether oxygens (including phenoxy) is 1. The second-order valence-electron chi connectivity index (χ2n) is 6.73. The molecule has 7 heteroatoms. The van der Waals surface area contributed by atoms with Crippen LogP contribution in [-0.2, 0) is 11.8 Å². The molecule has 2 fully saturated rings. The van der Waals surface area contributed by atoms with Gasteiger partial charge in [0.2, 0.25) is 0 Å². The fraction of sp³-hybridized carbons (Fsp3) is 0.529. The molecule has 0 aromatic carbocycles. The van der Waals surface area contributed by atoms with E-state index in [1.54, 1.807) is 12.4 Å². The molecule has 0 radical (unpaired) electrons. The molecule has 7 nitrogen and oxygen atoms in total. The number of aryl methyl sites for hydroxylation is 1. The predicted molar refractivity (Wildman–Crippen MR) is 86.4 cm³/mol. The maximum atomic E-state index is 12.5. The highest BCUT2D eigenvalue weighted by atomic mass is 16.5. The lowest BCUT2D eigenvalue weighted by Crippen LogP contribution is -2.46. The highest BCUT2D eigenvalue weighted by molar-refractivity contribution is 5.92. The first-order chi connectivity index (χ1) is 11.7. The number of aromatic nitrogens is 4. The van der Waals surface area contributed by atoms with Crippen LogP contribution in [0.25, 0.3) is 0 Å². The molecule has 0 bridgehead atoms. The van der Waals surface area contributed by atoms with Crippen molar-refractivity contribution in [2.24, 2.45) is 7.05 Å². The fourth-order valence-electron chi connectivity index (χ4n) is 3.75. The number of piperidine rings is 1. The Morgan fingerprint density at radius 3 is 2.79 bits per heavy atom. The number of nitrogens with zero attached hydrogens (tertiary/aromatic N) is 5. The molecule has 0 N–H and O–H groups in total. The summed E-state index contributed by atoms with van der Waals surface area (Å²) in [5.41, 5.74) is 1.56. The van der Waals surface area contributed by atoms with Gasteiger partial charge in [-0.05, 0) is 24.8 Å². The van der Waals surface area contributed by atoms with Crippen molar-refractivity contribution in [2.45, 2.75) is 30.8 Å². The Kier molecular flexibility index (Phi) is 3.80. The minimum atomic E-state index is -0.0976. The van der Waals surface area contributed by atoms with E-state index >= 15 is 0 Å². The lowest BCUT2D eigenvalue weighted by molar-refractivity contribution is -0.0389. The molecule has 24 heavy (non-hydrogen) atoms. The summed E-state index contributed by atoms with van der Waals surface area (Å²) >= 11 is 0. The maximum Gasteiger partial charge on any atom is 0.274 e. The van der Waals surface area contributed by atoms with Crippen LogP contribution in [-0.4, -0.2) is 55.9 Å². The van der Waals surface area contributed by atoms with E-state index < -0.39 is 0 Å². The zero-order valence-electron chi connectivity index (χ0n) is 13.8. The lowest BCUT2D eigenvalue weighted by atomic mass is 9.84. The summed E-state index contributed by atoms with van der Waals surface area (Å²) in [5.74, 6) is 0.362. The van der Waals surface area contributed by atoms with E-state index in [9.17, 15) is 4.79 Å². The first-order valence-corrected chi connectivity index (χ1v) is 8.33. The van der Waals surface area contributed by atoms with Gasteiger partial charge in [-0.25, -0.2) is 4.98 Å². The predicted octanol–water partition coefficient (Wildman–Crippen LogP) is 1.39. The molecule has 1 spiro atoms. The number of carbonyl (C=O) groups is 1. The van der Waals surface area contributed by atoms with Crippen LogP contribution in [0.3, 0.4) is 0 Å². The standard InChI is InChI=1S/C17H21N5O2/c1-21-11-14(9-20-21)13-8-17(24-12-13)2-6-22(7-3-17)16(23)15-10-18-4-5-19-15/h4-5,9-11,13H,2-3,6-8,12H2,1H3/t13-/m1/s1. The third-order valence-corrected chi connectivity index (χ3v) is 5.15. The summed E-state index contributed by atoms with van der Waals surface area (Å²) in [6, 6.07) is 0. The number of rotatable bonds is 2. The molecule has 0 saturated carbocycles. The summed E-state index contributed by atoms with van der Waals surface area (Å²) < 4.78 is 8.02. The summed E-state index contributed by atoms with van der Waals surface area (Å²) in [6.07, 6.45) is 11.4. The Morgan fingerprint density at radius 1 is 1.29 bits per heavy atom. The first kappa shape index (κ1) is 15.3. The summed E-state index contributed by atoms with van der Waals surface area (Å²) in [6.45, 7) is 2.15. The third kappa shape index (κ3) is 2.80. The minimum Gasteiger partial charge on any atom is -0.374 e. The van der Waals surface area contributed by atoms with Crippen molar-refractivity contribution in [2.75, 3.05) is 19.7 Å². The van der Waals surface area contributed by atoms with E-state index in [1.807, 2.05) is 22.8 Å². The average molecular weight is 327 g/mol. The quantitative estimate of drug-likeness (QED) is 0.833. The highest BCUT2D eigenvalue weighted by Gasteiger charge is 2.44. The van der Waals surface area contributed by atoms with Gasteiger partial charge in [-0.15, -0.1) is 0 Å². The molecule has 2 saturated heterocycles. The molecular weight excluding hydrogens is 306 g/mol. The normalized spacial score (nSPS) is 22.9. The number of likely N-dealkylation sites (tertiary alicyclic amines) is 1. The Bertz CT molecular complexity index is 722. The molecule has 126 valence electrons. The number of amides is 1. The smallest absolute Gasteiger partial charge is 0.274 e. The molecule has 4 heterocycles. The molecule has 2 aliphatic rings. The van der Waals surface area contributed by atoms with Gasteiger partial charge in [0.1, 0.15) is 5.69 Å². The van der Waals surface area contributed by atoms with Crippen LogP contribution in [0.2, 0.25) is 0 Å². The fourth-order valence-corrected chi connectivity index (χ4v) is 3.75. The van der Waals surface area contributed by atoms with Crippen molar-refractivity contribution < 1.29 is 9.53 Å². The summed E-state index contributed by atoms with van der Waals surface area (Å²) in [7, 11) is 1.94. The third-order valence-electron chi connectivity index (χ3n) is 5.15. The van der Waals surface area contributed by atoms with Crippen molar-refractivity contribution >= 4 is 5.91 Å². The lowest BCUT2D eigenvalue weighted by Gasteiger charge is -2.38. The number of carbonyl (C=O) groups excluding carboxylic acids is 1. The summed E-state index contributed by atoms with van der Waals surface area (Å²) in [4.78, 5) is 22.4. The number of hydrogen-bond acceptors (Lipinski definition) is 5. The second-order valence-corrected chi connectivity index (χ2v) is 6.73. The monoisotopic (exact) mass is 327 g/mol. The van der Waals surface area contributed by atoms with E-state index in [0.717, 1.165) is 25.9 Å². The van der Waals surface area contributed by atoms with Crippen LogP contribution in [0.15, 0.2) is 31.0 Å². The van der Waals surface area contributed by atoms with E-state index in [-0.39, 0.29) is 11.5 Å². The SMILES string of the molecule is Cn1cc([C@H]2COC3(CCN(C(=O)c4cnccn4)CC3)C2)cn1. The van der Waals surface area contributed by atoms with Gasteiger partial charge in [0.05, 0.1) is 24.6 Å². The molecule has 1 amide bonds. The summed E-state index contributed by atoms with van der Waals surface area (Å²) in [5, 5.41) is 4.26. The Morgan fingerprint density at radius 2 is 2.12 bits per heavy atom. The van der Waals surface area contributed by atoms with Gasteiger partial charge < -0.3 is 9.64 Å². The van der Waals surface area contributed by atoms with Crippen molar-refractivity contribution in [3.8, 4) is 0 Å². The van der Waals surface area contributed by atoms with Crippen LogP contribution < -0.4 is 0 Å². The van der Waals surface area contributed by atoms with Crippen LogP contribution in [0.4, 0.5) is 0 Å². The van der Waals surface area contributed by atoms with Gasteiger partial charge in [0.15, 0.2) is 0 Å². The molecule has 1 atom stereocenters. The van der Waals surface area contributed by atoms with Crippen LogP contribution in [0.5, 0.6) is 0 Å². The molecule has 2 aliphatic heterocycles. The molecule has 2 aromatic rings. The van der Waals surface area contributed by atoms with Crippen LogP contribution in [0, 0.1) is 0 Å². The van der Waals surface area contributed by atoms with Crippen molar-refractivity contribution in [1.82, 2.24) is 24.6 Å². The Hall–Kier alpha value is -2.28. The van der Waals surface area contributed by atoms with Gasteiger partial charge in [-0.3, -0.25) is 14.5 Å². The first-order valence-electron chi connectivity index (χ1n) is 8.33. The van der Waals surface area contributed by atoms with Gasteiger partial charge in [0.25, 0.3) is 5.91 Å². The van der Waals surface area contributed by atoms with Gasteiger partial charge in [0, 0.05) is 44.6 Å². The minimum absolute atomic E-state index is 0.0419. The van der Waals surface area contributed by atoms with Crippen molar-refractivity contribution in [3.05, 3.63) is 42.2 Å². The molecule has 2 aromatic heterocycles. The van der Waals surface area contributed by atoms with Gasteiger partial charge in [-0.1, -0.05) is 0 Å². The molecular formula is C17H21N5O2. The maximum absolute atomic E-state index is 12.5. The Balaban J connectivity index is 1.39. The van der Waals surface area contributed by atoms with Crippen molar-refractivity contribution in [3.63, 3.8) is 0 Å². The van der Waals surface area contributed by atoms with E-state index in [4.69, 9.17) is 4.74 Å². The largest absolute Gasteiger partial charge is 0.374 e. The van der Waals surface area contributed by atoms with Crippen LogP contribution >= 0.6 is 0 Å². The highest BCUT2D eigenvalue weighted by Crippen LogP contribution is 2.42. The van der Waals surface area contributed by atoms with E-state index in [1.165, 1.54) is 11.8 Å². The topological polar surface area (TPSA) is 73.1 Å². The van der Waals surface area contributed by atoms with Crippen molar-refractivity contribution in [1.29, 1.82) is 0 Å². The second kappa shape index (κ2) is 5.98. The molecule has 0 aliphatic carbocycles. The average Bonchev–Trinajstić information content (AvgIpc) is 3.23. The zero-order chi connectivity index (χ0) is 16.6. The van der Waals surface area contributed by atoms with E-state index in [0.29, 0.717) is 24.7 Å². The van der Waals surface area contributed by atoms with Gasteiger partial charge in [-0.2, -0.15) is 5.10 Å². The Labute approximate surface area is 140 Å². The molecule has 4 rings (SSSR count). The number of hydrogen-bond donors (Lipinski definition) is 0. The van der Waals surface area contributed by atoms with E-state index in [2.05, 4.69) is 21.3 Å². The van der Waals surface area contributed by atoms with Crippen LogP contribution in [0.1, 0.15) is 41.2 Å². The van der Waals surface area contributed by atoms with Gasteiger partial charge >= 0.3 is 0 Å².